The maximum Gasteiger partial charge on any atom is 0.295 e. The van der Waals surface area contributed by atoms with Crippen LogP contribution in [-0.2, 0) is 16.1 Å². The van der Waals surface area contributed by atoms with Crippen molar-refractivity contribution in [2.75, 3.05) is 13.7 Å². The smallest absolute Gasteiger partial charge is 0.295 e. The molecule has 36 heavy (non-hydrogen) atoms. The molecule has 1 heterocycles. The molecule has 1 saturated heterocycles. The summed E-state index contributed by atoms with van der Waals surface area (Å²) in [6.07, 6.45) is 0. The largest absolute Gasteiger partial charge is 0.507 e. The summed E-state index contributed by atoms with van der Waals surface area (Å²) in [6, 6.07) is 16.6. The predicted octanol–water partition coefficient (Wildman–Crippen LogP) is 5.04. The van der Waals surface area contributed by atoms with Crippen molar-refractivity contribution in [1.29, 1.82) is 0 Å². The number of phenolic OH excluding ortho intramolecular Hbond substituents is 1. The van der Waals surface area contributed by atoms with Crippen LogP contribution in [0, 0.1) is 13.8 Å². The van der Waals surface area contributed by atoms with Crippen LogP contribution in [0.3, 0.4) is 0 Å². The molecule has 0 aromatic heterocycles. The van der Waals surface area contributed by atoms with Gasteiger partial charge in [-0.1, -0.05) is 35.9 Å². The fourth-order valence-electron chi connectivity index (χ4n) is 4.43. The van der Waals surface area contributed by atoms with E-state index in [-0.39, 0.29) is 29.4 Å². The van der Waals surface area contributed by atoms with E-state index in [1.165, 1.54) is 11.0 Å². The van der Waals surface area contributed by atoms with Gasteiger partial charge >= 0.3 is 0 Å². The van der Waals surface area contributed by atoms with Gasteiger partial charge in [-0.2, -0.15) is 0 Å². The maximum absolute atomic E-state index is 13.4. The van der Waals surface area contributed by atoms with Gasteiger partial charge in [0, 0.05) is 12.1 Å². The summed E-state index contributed by atoms with van der Waals surface area (Å²) in [5, 5.41) is 21.6. The van der Waals surface area contributed by atoms with E-state index in [4.69, 9.17) is 9.47 Å². The number of methoxy groups -OCH3 is 1. The van der Waals surface area contributed by atoms with Gasteiger partial charge in [0.25, 0.3) is 11.7 Å². The number of amides is 1. The van der Waals surface area contributed by atoms with Crippen molar-refractivity contribution in [3.8, 4) is 17.2 Å². The Bertz CT molecular complexity index is 1340. The molecule has 7 heteroatoms. The molecule has 1 aliphatic rings. The standard InChI is InChI=1S/C29H29NO6/c1-5-36-24-15-20(10-13-23(24)31)26-25(27(32)22-14-17(2)6-7-18(22)3)28(33)29(34)30(26)16-19-8-11-21(35-4)12-9-19/h6-15,26,31-32H,5,16H2,1-4H3/b27-25+. The van der Waals surface area contributed by atoms with Gasteiger partial charge in [0.2, 0.25) is 0 Å². The minimum Gasteiger partial charge on any atom is -0.507 e. The average molecular weight is 488 g/mol. The molecule has 0 spiro atoms. The van der Waals surface area contributed by atoms with Crippen molar-refractivity contribution in [3.63, 3.8) is 0 Å². The van der Waals surface area contributed by atoms with E-state index in [1.54, 1.807) is 44.4 Å². The van der Waals surface area contributed by atoms with E-state index >= 15 is 0 Å². The zero-order chi connectivity index (χ0) is 26.0. The number of carbonyl (C=O) groups excluding carboxylic acids is 2. The summed E-state index contributed by atoms with van der Waals surface area (Å²) < 4.78 is 10.8. The molecule has 1 fully saturated rings. The van der Waals surface area contributed by atoms with E-state index in [1.807, 2.05) is 38.1 Å². The number of likely N-dealkylation sites (tertiary alicyclic amines) is 1. The number of nitrogens with zero attached hydrogens (tertiary/aromatic N) is 1. The molecule has 0 radical (unpaired) electrons. The van der Waals surface area contributed by atoms with Gasteiger partial charge in [-0.15, -0.1) is 0 Å². The normalized spacial score (nSPS) is 16.9. The molecular formula is C29H29NO6. The van der Waals surface area contributed by atoms with Gasteiger partial charge < -0.3 is 24.6 Å². The zero-order valence-electron chi connectivity index (χ0n) is 20.7. The van der Waals surface area contributed by atoms with Crippen molar-refractivity contribution in [3.05, 3.63) is 94.1 Å². The number of rotatable bonds is 7. The maximum atomic E-state index is 13.4. The number of ether oxygens (including phenoxy) is 2. The molecule has 7 nitrogen and oxygen atoms in total. The van der Waals surface area contributed by atoms with Gasteiger partial charge in [-0.05, 0) is 67.8 Å². The number of benzene rings is 3. The van der Waals surface area contributed by atoms with Crippen LogP contribution in [0.2, 0.25) is 0 Å². The molecule has 3 aromatic rings. The third kappa shape index (κ3) is 4.64. The highest BCUT2D eigenvalue weighted by Crippen LogP contribution is 2.43. The van der Waals surface area contributed by atoms with E-state index in [0.717, 1.165) is 16.7 Å². The Hall–Kier alpha value is -4.26. The first-order valence-electron chi connectivity index (χ1n) is 11.7. The second-order valence-corrected chi connectivity index (χ2v) is 8.75. The van der Waals surface area contributed by atoms with Gasteiger partial charge in [0.05, 0.1) is 25.3 Å². The second-order valence-electron chi connectivity index (χ2n) is 8.75. The summed E-state index contributed by atoms with van der Waals surface area (Å²) in [5.74, 6) is -0.861. The first-order valence-corrected chi connectivity index (χ1v) is 11.7. The third-order valence-corrected chi connectivity index (χ3v) is 6.30. The number of aliphatic hydroxyl groups excluding tert-OH is 1. The molecule has 0 saturated carbocycles. The number of aromatic hydroxyl groups is 1. The van der Waals surface area contributed by atoms with Gasteiger partial charge in [0.1, 0.15) is 11.5 Å². The number of Topliss-reactive ketones (excluding diaryl/α,β-unsaturated/α-hetero) is 1. The highest BCUT2D eigenvalue weighted by Gasteiger charge is 2.46. The Morgan fingerprint density at radius 3 is 2.39 bits per heavy atom. The summed E-state index contributed by atoms with van der Waals surface area (Å²) in [6.45, 7) is 5.98. The lowest BCUT2D eigenvalue weighted by Crippen LogP contribution is -2.29. The predicted molar refractivity (Wildman–Crippen MR) is 136 cm³/mol. The monoisotopic (exact) mass is 487 g/mol. The molecule has 186 valence electrons. The fourth-order valence-corrected chi connectivity index (χ4v) is 4.43. The summed E-state index contributed by atoms with van der Waals surface area (Å²) in [4.78, 5) is 28.1. The van der Waals surface area contributed by atoms with Gasteiger partial charge in [0.15, 0.2) is 11.5 Å². The van der Waals surface area contributed by atoms with E-state index in [2.05, 4.69) is 0 Å². The summed E-state index contributed by atoms with van der Waals surface area (Å²) in [7, 11) is 1.57. The van der Waals surface area contributed by atoms with Crippen LogP contribution in [0.4, 0.5) is 0 Å². The van der Waals surface area contributed by atoms with Crippen LogP contribution in [0.1, 0.15) is 40.8 Å². The molecule has 2 N–H and O–H groups in total. The molecule has 0 aliphatic carbocycles. The number of carbonyl (C=O) groups is 2. The van der Waals surface area contributed by atoms with Crippen molar-refractivity contribution in [1.82, 2.24) is 4.90 Å². The van der Waals surface area contributed by atoms with Crippen LogP contribution >= 0.6 is 0 Å². The fraction of sp³-hybridized carbons (Fsp3) is 0.241. The van der Waals surface area contributed by atoms with Crippen LogP contribution < -0.4 is 9.47 Å². The topological polar surface area (TPSA) is 96.3 Å². The van der Waals surface area contributed by atoms with E-state index in [0.29, 0.717) is 23.5 Å². The number of aryl methyl sites for hydroxylation is 2. The van der Waals surface area contributed by atoms with Crippen LogP contribution in [0.5, 0.6) is 17.2 Å². The molecule has 3 aromatic carbocycles. The first kappa shape index (κ1) is 24.9. The molecule has 0 bridgehead atoms. The Balaban J connectivity index is 1.89. The van der Waals surface area contributed by atoms with Gasteiger partial charge in [-0.25, -0.2) is 0 Å². The van der Waals surface area contributed by atoms with Crippen LogP contribution in [0.15, 0.2) is 66.2 Å². The quantitative estimate of drug-likeness (QED) is 0.275. The first-order chi connectivity index (χ1) is 17.2. The number of ketones is 1. The van der Waals surface area contributed by atoms with Crippen molar-refractivity contribution < 1.29 is 29.3 Å². The third-order valence-electron chi connectivity index (χ3n) is 6.30. The minimum absolute atomic E-state index is 0.00431. The Labute approximate surface area is 210 Å². The number of hydrogen-bond donors (Lipinski definition) is 2. The second kappa shape index (κ2) is 10.2. The van der Waals surface area contributed by atoms with Gasteiger partial charge in [-0.3, -0.25) is 9.59 Å². The van der Waals surface area contributed by atoms with Crippen molar-refractivity contribution in [2.24, 2.45) is 0 Å². The number of aliphatic hydroxyl groups is 1. The summed E-state index contributed by atoms with van der Waals surface area (Å²) in [5.41, 5.74) is 3.50. The number of hydrogen-bond acceptors (Lipinski definition) is 6. The lowest BCUT2D eigenvalue weighted by molar-refractivity contribution is -0.140. The Morgan fingerprint density at radius 2 is 1.72 bits per heavy atom. The highest BCUT2D eigenvalue weighted by molar-refractivity contribution is 6.46. The highest BCUT2D eigenvalue weighted by atomic mass is 16.5. The molecule has 1 amide bonds. The minimum atomic E-state index is -0.883. The average Bonchev–Trinajstić information content (AvgIpc) is 3.12. The SMILES string of the molecule is CCOc1cc(C2/C(=C(\O)c3cc(C)ccc3C)C(=O)C(=O)N2Cc2ccc(OC)cc2)ccc1O. The van der Waals surface area contributed by atoms with E-state index in [9.17, 15) is 19.8 Å². The van der Waals surface area contributed by atoms with Crippen molar-refractivity contribution in [2.45, 2.75) is 33.4 Å². The zero-order valence-corrected chi connectivity index (χ0v) is 20.7. The number of phenols is 1. The Morgan fingerprint density at radius 1 is 1.00 bits per heavy atom. The summed E-state index contributed by atoms with van der Waals surface area (Å²) >= 11 is 0. The molecule has 1 atom stereocenters. The lowest BCUT2D eigenvalue weighted by Gasteiger charge is -2.26. The Kier molecular flexibility index (Phi) is 7.01. The van der Waals surface area contributed by atoms with Crippen LogP contribution in [-0.4, -0.2) is 40.5 Å². The van der Waals surface area contributed by atoms with Crippen LogP contribution in [0.25, 0.3) is 5.76 Å². The molecule has 1 unspecified atom stereocenters. The lowest BCUT2D eigenvalue weighted by atomic mass is 9.93. The van der Waals surface area contributed by atoms with Crippen molar-refractivity contribution >= 4 is 17.4 Å². The molecule has 1 aliphatic heterocycles. The van der Waals surface area contributed by atoms with E-state index < -0.39 is 17.7 Å². The molecule has 4 rings (SSSR count). The molecular weight excluding hydrogens is 458 g/mol.